The molecular weight excluding hydrogens is 266 g/mol. The van der Waals surface area contributed by atoms with Gasteiger partial charge in [-0.05, 0) is 12.8 Å². The van der Waals surface area contributed by atoms with E-state index in [1.54, 1.807) is 10.9 Å². The summed E-state index contributed by atoms with van der Waals surface area (Å²) < 4.78 is 1.58. The van der Waals surface area contributed by atoms with E-state index < -0.39 is 0 Å². The minimum atomic E-state index is 0.121. The molecule has 0 bridgehead atoms. The zero-order valence-corrected chi connectivity index (χ0v) is 13.4. The Bertz CT molecular complexity index is 395. The first-order valence-electron chi connectivity index (χ1n) is 8.08. The molecule has 0 aliphatic carbocycles. The average molecular weight is 295 g/mol. The lowest BCUT2D eigenvalue weighted by molar-refractivity contribution is -0.132. The Labute approximate surface area is 127 Å². The van der Waals surface area contributed by atoms with E-state index in [4.69, 9.17) is 5.73 Å². The minimum absolute atomic E-state index is 0.121. The number of rotatable bonds is 11. The van der Waals surface area contributed by atoms with E-state index >= 15 is 0 Å². The Morgan fingerprint density at radius 3 is 2.29 bits per heavy atom. The summed E-state index contributed by atoms with van der Waals surface area (Å²) in [5.41, 5.74) is 6.22. The van der Waals surface area contributed by atoms with Crippen molar-refractivity contribution < 1.29 is 4.79 Å². The molecule has 0 atom stereocenters. The number of hydrogen-bond donors (Lipinski definition) is 1. The van der Waals surface area contributed by atoms with Gasteiger partial charge in [0.1, 0.15) is 6.54 Å². The van der Waals surface area contributed by atoms with Crippen LogP contribution in [0.15, 0.2) is 6.20 Å². The first kappa shape index (κ1) is 17.6. The molecule has 1 rings (SSSR count). The molecule has 0 aromatic carbocycles. The summed E-state index contributed by atoms with van der Waals surface area (Å²) in [7, 11) is 0. The number of unbranched alkanes of at least 4 members (excludes halogenated alkanes) is 4. The first-order valence-corrected chi connectivity index (χ1v) is 8.08. The summed E-state index contributed by atoms with van der Waals surface area (Å²) in [5, 5.41) is 7.86. The van der Waals surface area contributed by atoms with E-state index in [1.807, 2.05) is 4.90 Å². The number of hydrogen-bond acceptors (Lipinski definition) is 4. The van der Waals surface area contributed by atoms with E-state index in [-0.39, 0.29) is 12.5 Å². The van der Waals surface area contributed by atoms with Gasteiger partial charge < -0.3 is 10.6 Å². The number of nitrogens with two attached hydrogens (primary N) is 1. The molecule has 1 aromatic rings. The normalized spacial score (nSPS) is 10.8. The molecule has 2 N–H and O–H groups in total. The SMILES string of the molecule is CCCCCN(CCCCC)C(=O)Cn1cc(CN)nn1. The molecule has 1 aromatic heterocycles. The molecule has 120 valence electrons. The van der Waals surface area contributed by atoms with Crippen molar-refractivity contribution in [1.29, 1.82) is 0 Å². The third kappa shape index (κ3) is 6.71. The molecule has 0 aliphatic heterocycles. The third-order valence-corrected chi connectivity index (χ3v) is 3.51. The number of nitrogens with zero attached hydrogens (tertiary/aromatic N) is 4. The molecule has 0 saturated heterocycles. The highest BCUT2D eigenvalue weighted by Gasteiger charge is 2.14. The Kier molecular flexibility index (Phi) is 8.66. The molecule has 0 aliphatic rings. The second kappa shape index (κ2) is 10.3. The van der Waals surface area contributed by atoms with Crippen molar-refractivity contribution >= 4 is 5.91 Å². The molecule has 1 amide bonds. The van der Waals surface area contributed by atoms with Crippen molar-refractivity contribution in [3.8, 4) is 0 Å². The first-order chi connectivity index (χ1) is 10.2. The van der Waals surface area contributed by atoms with Gasteiger partial charge in [-0.2, -0.15) is 0 Å². The quantitative estimate of drug-likeness (QED) is 0.633. The minimum Gasteiger partial charge on any atom is -0.341 e. The maximum Gasteiger partial charge on any atom is 0.244 e. The van der Waals surface area contributed by atoms with Gasteiger partial charge in [-0.1, -0.05) is 44.7 Å². The van der Waals surface area contributed by atoms with Crippen molar-refractivity contribution in [2.45, 2.75) is 65.5 Å². The summed E-state index contributed by atoms with van der Waals surface area (Å²) in [5.74, 6) is 0.121. The van der Waals surface area contributed by atoms with Crippen LogP contribution in [-0.4, -0.2) is 38.9 Å². The third-order valence-electron chi connectivity index (χ3n) is 3.51. The van der Waals surface area contributed by atoms with Crippen LogP contribution in [0, 0.1) is 0 Å². The fourth-order valence-electron chi connectivity index (χ4n) is 2.21. The smallest absolute Gasteiger partial charge is 0.244 e. The lowest BCUT2D eigenvalue weighted by Crippen LogP contribution is -2.35. The van der Waals surface area contributed by atoms with E-state index in [0.717, 1.165) is 38.8 Å². The summed E-state index contributed by atoms with van der Waals surface area (Å²) in [6.45, 7) is 6.64. The average Bonchev–Trinajstić information content (AvgIpc) is 2.93. The van der Waals surface area contributed by atoms with Gasteiger partial charge in [0, 0.05) is 19.6 Å². The van der Waals surface area contributed by atoms with Gasteiger partial charge >= 0.3 is 0 Å². The summed E-state index contributed by atoms with van der Waals surface area (Å²) in [4.78, 5) is 14.4. The van der Waals surface area contributed by atoms with Gasteiger partial charge in [0.15, 0.2) is 0 Å². The zero-order valence-electron chi connectivity index (χ0n) is 13.4. The van der Waals surface area contributed by atoms with E-state index in [2.05, 4.69) is 24.2 Å². The van der Waals surface area contributed by atoms with E-state index in [1.165, 1.54) is 12.8 Å². The summed E-state index contributed by atoms with van der Waals surface area (Å²) in [6, 6.07) is 0. The second-order valence-electron chi connectivity index (χ2n) is 5.41. The standard InChI is InChI=1S/C15H29N5O/c1-3-5-7-9-19(10-8-6-4-2)15(21)13-20-12-14(11-16)17-18-20/h12H,3-11,13,16H2,1-2H3. The summed E-state index contributed by atoms with van der Waals surface area (Å²) in [6.07, 6.45) is 8.55. The molecule has 6 nitrogen and oxygen atoms in total. The van der Waals surface area contributed by atoms with Gasteiger partial charge in [-0.25, -0.2) is 4.68 Å². The molecule has 21 heavy (non-hydrogen) atoms. The zero-order chi connectivity index (χ0) is 15.5. The van der Waals surface area contributed by atoms with Crippen LogP contribution in [0.5, 0.6) is 0 Å². The number of carbonyl (C=O) groups is 1. The van der Waals surface area contributed by atoms with Crippen LogP contribution >= 0.6 is 0 Å². The fourth-order valence-corrected chi connectivity index (χ4v) is 2.21. The molecule has 0 fully saturated rings. The Morgan fingerprint density at radius 1 is 1.19 bits per heavy atom. The van der Waals surface area contributed by atoms with E-state index in [9.17, 15) is 4.79 Å². The second-order valence-corrected chi connectivity index (χ2v) is 5.41. The number of carbonyl (C=O) groups excluding carboxylic acids is 1. The fraction of sp³-hybridized carbons (Fsp3) is 0.800. The summed E-state index contributed by atoms with van der Waals surface area (Å²) >= 11 is 0. The van der Waals surface area contributed by atoms with Crippen LogP contribution < -0.4 is 5.73 Å². The highest BCUT2D eigenvalue weighted by molar-refractivity contribution is 5.75. The largest absolute Gasteiger partial charge is 0.341 e. The van der Waals surface area contributed by atoms with Gasteiger partial charge in [-0.15, -0.1) is 5.10 Å². The molecule has 0 unspecified atom stereocenters. The predicted molar refractivity (Wildman–Crippen MR) is 83.5 cm³/mol. The Morgan fingerprint density at radius 2 is 1.81 bits per heavy atom. The maximum absolute atomic E-state index is 12.4. The van der Waals surface area contributed by atoms with Crippen molar-refractivity contribution in [2.75, 3.05) is 13.1 Å². The number of amides is 1. The highest BCUT2D eigenvalue weighted by atomic mass is 16.2. The lowest BCUT2D eigenvalue weighted by atomic mass is 10.2. The van der Waals surface area contributed by atoms with Crippen LogP contribution in [0.1, 0.15) is 58.1 Å². The Hall–Kier alpha value is -1.43. The molecule has 6 heteroatoms. The van der Waals surface area contributed by atoms with Crippen molar-refractivity contribution in [2.24, 2.45) is 5.73 Å². The van der Waals surface area contributed by atoms with E-state index in [0.29, 0.717) is 12.2 Å². The lowest BCUT2D eigenvalue weighted by Gasteiger charge is -2.22. The Balaban J connectivity index is 2.51. The molecular formula is C15H29N5O. The van der Waals surface area contributed by atoms with Crippen LogP contribution in [0.4, 0.5) is 0 Å². The molecule has 0 spiro atoms. The van der Waals surface area contributed by atoms with Crippen LogP contribution in [-0.2, 0) is 17.9 Å². The van der Waals surface area contributed by atoms with Crippen LogP contribution in [0.3, 0.4) is 0 Å². The number of aromatic nitrogens is 3. The van der Waals surface area contributed by atoms with Gasteiger partial charge in [0.05, 0.1) is 11.9 Å². The van der Waals surface area contributed by atoms with Crippen molar-refractivity contribution in [1.82, 2.24) is 19.9 Å². The van der Waals surface area contributed by atoms with Gasteiger partial charge in [0.2, 0.25) is 5.91 Å². The van der Waals surface area contributed by atoms with Gasteiger partial charge in [-0.3, -0.25) is 4.79 Å². The van der Waals surface area contributed by atoms with Crippen LogP contribution in [0.2, 0.25) is 0 Å². The van der Waals surface area contributed by atoms with Gasteiger partial charge in [0.25, 0.3) is 0 Å². The van der Waals surface area contributed by atoms with Crippen LogP contribution in [0.25, 0.3) is 0 Å². The molecule has 0 saturated carbocycles. The predicted octanol–water partition coefficient (Wildman–Crippen LogP) is 1.95. The van der Waals surface area contributed by atoms with Crippen molar-refractivity contribution in [3.63, 3.8) is 0 Å². The molecule has 1 heterocycles. The maximum atomic E-state index is 12.4. The molecule has 0 radical (unpaired) electrons. The highest BCUT2D eigenvalue weighted by Crippen LogP contribution is 2.04. The monoisotopic (exact) mass is 295 g/mol. The van der Waals surface area contributed by atoms with Crippen molar-refractivity contribution in [3.05, 3.63) is 11.9 Å². The topological polar surface area (TPSA) is 77.0 Å².